The minimum Gasteiger partial charge on any atom is -0.354 e. The summed E-state index contributed by atoms with van der Waals surface area (Å²) < 4.78 is 0. The van der Waals surface area contributed by atoms with E-state index in [0.29, 0.717) is 12.1 Å². The predicted molar refractivity (Wildman–Crippen MR) is 85.2 cm³/mol. The molecule has 3 rings (SSSR count). The highest BCUT2D eigenvalue weighted by molar-refractivity contribution is 5.79. The van der Waals surface area contributed by atoms with E-state index in [0.717, 1.165) is 18.9 Å². The number of nitrogens with one attached hydrogen (secondary N) is 2. The second kappa shape index (κ2) is 6.66. The lowest BCUT2D eigenvalue weighted by atomic mass is 9.84. The maximum Gasteiger partial charge on any atom is 0.223 e. The molecule has 0 radical (unpaired) electrons. The van der Waals surface area contributed by atoms with Crippen molar-refractivity contribution in [3.8, 4) is 0 Å². The van der Waals surface area contributed by atoms with Crippen molar-refractivity contribution in [3.05, 3.63) is 0 Å². The summed E-state index contributed by atoms with van der Waals surface area (Å²) in [5.41, 5.74) is 0. The van der Waals surface area contributed by atoms with Crippen molar-refractivity contribution in [1.82, 2.24) is 15.5 Å². The highest BCUT2D eigenvalue weighted by atomic mass is 16.1. The van der Waals surface area contributed by atoms with Crippen LogP contribution in [0.4, 0.5) is 0 Å². The maximum absolute atomic E-state index is 12.2. The second-order valence-electron chi connectivity index (χ2n) is 7.60. The van der Waals surface area contributed by atoms with E-state index >= 15 is 0 Å². The van der Waals surface area contributed by atoms with Crippen molar-refractivity contribution < 1.29 is 4.79 Å². The Kier molecular flexibility index (Phi) is 4.85. The van der Waals surface area contributed by atoms with Gasteiger partial charge in [-0.1, -0.05) is 6.42 Å². The Morgan fingerprint density at radius 2 is 1.90 bits per heavy atom. The van der Waals surface area contributed by atoms with Crippen LogP contribution in [0.3, 0.4) is 0 Å². The number of hydrogen-bond acceptors (Lipinski definition) is 3. The Morgan fingerprint density at radius 3 is 2.62 bits per heavy atom. The molecule has 120 valence electrons. The van der Waals surface area contributed by atoms with Crippen molar-refractivity contribution >= 4 is 5.91 Å². The van der Waals surface area contributed by atoms with Gasteiger partial charge in [-0.3, -0.25) is 9.69 Å². The normalized spacial score (nSPS) is 34.3. The SMILES string of the molecule is CC(C)NC(=O)C1CCCC(NC2CCN(C3CC3)C2)C1. The van der Waals surface area contributed by atoms with E-state index in [2.05, 4.69) is 15.5 Å². The molecule has 0 spiro atoms. The molecule has 1 amide bonds. The number of carbonyl (C=O) groups is 1. The van der Waals surface area contributed by atoms with Gasteiger partial charge in [0.05, 0.1) is 0 Å². The molecule has 3 fully saturated rings. The van der Waals surface area contributed by atoms with Crippen LogP contribution in [0, 0.1) is 5.92 Å². The highest BCUT2D eigenvalue weighted by Crippen LogP contribution is 2.31. The van der Waals surface area contributed by atoms with Gasteiger partial charge in [0.15, 0.2) is 0 Å². The quantitative estimate of drug-likeness (QED) is 0.814. The van der Waals surface area contributed by atoms with Gasteiger partial charge in [-0.15, -0.1) is 0 Å². The van der Waals surface area contributed by atoms with E-state index in [4.69, 9.17) is 0 Å². The van der Waals surface area contributed by atoms with E-state index in [1.54, 1.807) is 0 Å². The van der Waals surface area contributed by atoms with Crippen LogP contribution in [0.25, 0.3) is 0 Å². The lowest BCUT2D eigenvalue weighted by Crippen LogP contribution is -2.46. The summed E-state index contributed by atoms with van der Waals surface area (Å²) in [5.74, 6) is 0.488. The van der Waals surface area contributed by atoms with Gasteiger partial charge in [0, 0.05) is 43.2 Å². The third kappa shape index (κ3) is 4.19. The van der Waals surface area contributed by atoms with Gasteiger partial charge >= 0.3 is 0 Å². The van der Waals surface area contributed by atoms with Gasteiger partial charge in [-0.2, -0.15) is 0 Å². The summed E-state index contributed by atoms with van der Waals surface area (Å²) in [6.45, 7) is 6.58. The van der Waals surface area contributed by atoms with Crippen LogP contribution in [-0.4, -0.2) is 48.1 Å². The van der Waals surface area contributed by atoms with Crippen LogP contribution in [0.2, 0.25) is 0 Å². The van der Waals surface area contributed by atoms with Gasteiger partial charge in [0.2, 0.25) is 5.91 Å². The average molecular weight is 293 g/mol. The number of carbonyl (C=O) groups excluding carboxylic acids is 1. The second-order valence-corrected chi connectivity index (χ2v) is 7.60. The van der Waals surface area contributed by atoms with Crippen molar-refractivity contribution in [2.45, 2.75) is 83.0 Å². The van der Waals surface area contributed by atoms with Crippen LogP contribution < -0.4 is 10.6 Å². The van der Waals surface area contributed by atoms with E-state index < -0.39 is 0 Å². The fraction of sp³-hybridized carbons (Fsp3) is 0.941. The first kappa shape index (κ1) is 15.3. The zero-order valence-electron chi connectivity index (χ0n) is 13.6. The minimum atomic E-state index is 0.222. The molecule has 2 aliphatic carbocycles. The van der Waals surface area contributed by atoms with Gasteiger partial charge in [-0.05, 0) is 52.4 Å². The Balaban J connectivity index is 1.44. The highest BCUT2D eigenvalue weighted by Gasteiger charge is 2.36. The first-order valence-corrected chi connectivity index (χ1v) is 8.92. The topological polar surface area (TPSA) is 44.4 Å². The molecule has 1 saturated heterocycles. The summed E-state index contributed by atoms with van der Waals surface area (Å²) in [5, 5.41) is 6.93. The third-order valence-electron chi connectivity index (χ3n) is 5.23. The molecule has 2 N–H and O–H groups in total. The van der Waals surface area contributed by atoms with Gasteiger partial charge < -0.3 is 10.6 Å². The van der Waals surface area contributed by atoms with Crippen molar-refractivity contribution in [2.75, 3.05) is 13.1 Å². The fourth-order valence-corrected chi connectivity index (χ4v) is 4.01. The Labute approximate surface area is 129 Å². The minimum absolute atomic E-state index is 0.222. The Bertz CT molecular complexity index is 367. The van der Waals surface area contributed by atoms with Gasteiger partial charge in [0.1, 0.15) is 0 Å². The molecular formula is C17H31N3O. The summed E-state index contributed by atoms with van der Waals surface area (Å²) in [6, 6.07) is 2.36. The molecule has 4 nitrogen and oxygen atoms in total. The van der Waals surface area contributed by atoms with E-state index in [9.17, 15) is 4.79 Å². The summed E-state index contributed by atoms with van der Waals surface area (Å²) in [6.07, 6.45) is 8.63. The Hall–Kier alpha value is -0.610. The largest absolute Gasteiger partial charge is 0.354 e. The molecule has 0 bridgehead atoms. The fourth-order valence-electron chi connectivity index (χ4n) is 4.01. The number of nitrogens with zero attached hydrogens (tertiary/aromatic N) is 1. The standard InChI is InChI=1S/C17H31N3O/c1-12(2)18-17(21)13-4-3-5-14(10-13)19-15-8-9-20(11-15)16-6-7-16/h12-16,19H,3-11H2,1-2H3,(H,18,21). The van der Waals surface area contributed by atoms with Gasteiger partial charge in [-0.25, -0.2) is 0 Å². The molecule has 3 atom stereocenters. The van der Waals surface area contributed by atoms with E-state index in [-0.39, 0.29) is 17.9 Å². The van der Waals surface area contributed by atoms with E-state index in [1.807, 2.05) is 13.8 Å². The summed E-state index contributed by atoms with van der Waals surface area (Å²) in [4.78, 5) is 14.8. The molecule has 2 saturated carbocycles. The van der Waals surface area contributed by atoms with Crippen molar-refractivity contribution in [3.63, 3.8) is 0 Å². The van der Waals surface area contributed by atoms with Crippen LogP contribution in [0.1, 0.15) is 58.8 Å². The smallest absolute Gasteiger partial charge is 0.223 e. The van der Waals surface area contributed by atoms with Crippen LogP contribution in [-0.2, 0) is 4.79 Å². The van der Waals surface area contributed by atoms with E-state index in [1.165, 1.54) is 45.2 Å². The molecule has 4 heteroatoms. The number of rotatable bonds is 5. The monoisotopic (exact) mass is 293 g/mol. The lowest BCUT2D eigenvalue weighted by Gasteiger charge is -2.31. The molecule has 3 unspecified atom stereocenters. The zero-order valence-corrected chi connectivity index (χ0v) is 13.6. The molecule has 3 aliphatic rings. The van der Waals surface area contributed by atoms with Crippen molar-refractivity contribution in [2.24, 2.45) is 5.92 Å². The number of amides is 1. The molecule has 1 heterocycles. The lowest BCUT2D eigenvalue weighted by molar-refractivity contribution is -0.126. The predicted octanol–water partition coefficient (Wildman–Crippen LogP) is 1.90. The van der Waals surface area contributed by atoms with Gasteiger partial charge in [0.25, 0.3) is 0 Å². The summed E-state index contributed by atoms with van der Waals surface area (Å²) >= 11 is 0. The third-order valence-corrected chi connectivity index (χ3v) is 5.23. The molecule has 1 aliphatic heterocycles. The summed E-state index contributed by atoms with van der Waals surface area (Å²) in [7, 11) is 0. The zero-order chi connectivity index (χ0) is 14.8. The average Bonchev–Trinajstić information content (AvgIpc) is 3.19. The maximum atomic E-state index is 12.2. The molecule has 0 aromatic heterocycles. The molecule has 0 aromatic rings. The molecule has 21 heavy (non-hydrogen) atoms. The number of hydrogen-bond donors (Lipinski definition) is 2. The van der Waals surface area contributed by atoms with Crippen LogP contribution in [0.5, 0.6) is 0 Å². The first-order valence-electron chi connectivity index (χ1n) is 8.92. The van der Waals surface area contributed by atoms with Crippen molar-refractivity contribution in [1.29, 1.82) is 0 Å². The first-order chi connectivity index (χ1) is 10.1. The van der Waals surface area contributed by atoms with Crippen LogP contribution >= 0.6 is 0 Å². The Morgan fingerprint density at radius 1 is 1.10 bits per heavy atom. The number of likely N-dealkylation sites (tertiary alicyclic amines) is 1. The molecular weight excluding hydrogens is 262 g/mol. The molecule has 0 aromatic carbocycles. The van der Waals surface area contributed by atoms with Crippen LogP contribution in [0.15, 0.2) is 0 Å².